The molecule has 1 aliphatic rings. The number of methoxy groups -OCH3 is 1. The smallest absolute Gasteiger partial charge is 0.243 e. The summed E-state index contributed by atoms with van der Waals surface area (Å²) in [6.45, 7) is 5.01. The molecule has 2 aromatic carbocycles. The summed E-state index contributed by atoms with van der Waals surface area (Å²) in [6, 6.07) is 14.9. The van der Waals surface area contributed by atoms with Gasteiger partial charge in [0.05, 0.1) is 18.6 Å². The first-order valence-electron chi connectivity index (χ1n) is 10.8. The minimum Gasteiger partial charge on any atom is -0.496 e. The van der Waals surface area contributed by atoms with Gasteiger partial charge in [-0.15, -0.1) is 0 Å². The first kappa shape index (κ1) is 23.1. The van der Waals surface area contributed by atoms with Crippen LogP contribution in [0.5, 0.6) is 5.75 Å². The van der Waals surface area contributed by atoms with E-state index in [9.17, 15) is 8.42 Å². The standard InChI is InChI=1S/C23H32N4O3S/c1-3-24-23(26-18-20-9-5-6-10-22(20)30-2)25-17-19-11-13-21(14-12-19)31(28,29)27-15-7-4-8-16-27/h5-6,9-14H,3-4,7-8,15-18H2,1-2H3,(H2,24,25,26). The molecule has 0 atom stereocenters. The minimum absolute atomic E-state index is 0.350. The van der Waals surface area contributed by atoms with E-state index in [1.54, 1.807) is 23.5 Å². The number of piperidine rings is 1. The molecule has 1 heterocycles. The third-order valence-electron chi connectivity index (χ3n) is 5.28. The van der Waals surface area contributed by atoms with Gasteiger partial charge in [0.15, 0.2) is 5.96 Å². The van der Waals surface area contributed by atoms with E-state index in [4.69, 9.17) is 4.74 Å². The largest absolute Gasteiger partial charge is 0.496 e. The predicted molar refractivity (Wildman–Crippen MR) is 124 cm³/mol. The lowest BCUT2D eigenvalue weighted by molar-refractivity contribution is 0.346. The van der Waals surface area contributed by atoms with Crippen molar-refractivity contribution in [3.05, 3.63) is 59.7 Å². The Hall–Kier alpha value is -2.58. The number of nitrogens with zero attached hydrogens (tertiary/aromatic N) is 2. The fourth-order valence-corrected chi connectivity index (χ4v) is 5.08. The maximum absolute atomic E-state index is 12.8. The second kappa shape index (κ2) is 11.2. The Labute approximate surface area is 185 Å². The Morgan fingerprint density at radius 1 is 1.03 bits per heavy atom. The molecule has 1 saturated heterocycles. The van der Waals surface area contributed by atoms with Crippen molar-refractivity contribution in [2.45, 2.75) is 44.2 Å². The van der Waals surface area contributed by atoms with E-state index in [0.717, 1.165) is 42.7 Å². The fraction of sp³-hybridized carbons (Fsp3) is 0.435. The molecule has 1 aliphatic heterocycles. The maximum atomic E-state index is 12.8. The Bertz CT molecular complexity index is 969. The van der Waals surface area contributed by atoms with Crippen LogP contribution in [0.3, 0.4) is 0 Å². The Balaban J connectivity index is 1.64. The van der Waals surface area contributed by atoms with Crippen molar-refractivity contribution in [2.75, 3.05) is 26.7 Å². The van der Waals surface area contributed by atoms with E-state index in [0.29, 0.717) is 37.0 Å². The number of ether oxygens (including phenoxy) is 1. The molecule has 2 N–H and O–H groups in total. The summed E-state index contributed by atoms with van der Waals surface area (Å²) in [4.78, 5) is 4.98. The number of hydrogen-bond acceptors (Lipinski definition) is 4. The van der Waals surface area contributed by atoms with E-state index in [-0.39, 0.29) is 0 Å². The van der Waals surface area contributed by atoms with Gasteiger partial charge < -0.3 is 15.4 Å². The van der Waals surface area contributed by atoms with Gasteiger partial charge >= 0.3 is 0 Å². The number of guanidine groups is 1. The summed E-state index contributed by atoms with van der Waals surface area (Å²) >= 11 is 0. The highest BCUT2D eigenvalue weighted by Crippen LogP contribution is 2.21. The van der Waals surface area contributed by atoms with Crippen molar-refractivity contribution in [1.29, 1.82) is 0 Å². The molecule has 3 rings (SSSR count). The van der Waals surface area contributed by atoms with Crippen LogP contribution in [0.1, 0.15) is 37.3 Å². The second-order valence-electron chi connectivity index (χ2n) is 7.47. The molecule has 31 heavy (non-hydrogen) atoms. The average molecular weight is 445 g/mol. The molecule has 0 aliphatic carbocycles. The van der Waals surface area contributed by atoms with Gasteiger partial charge in [-0.2, -0.15) is 4.31 Å². The Morgan fingerprint density at radius 3 is 2.42 bits per heavy atom. The molecule has 2 aromatic rings. The van der Waals surface area contributed by atoms with Crippen molar-refractivity contribution in [1.82, 2.24) is 14.9 Å². The van der Waals surface area contributed by atoms with Gasteiger partial charge in [-0.1, -0.05) is 36.8 Å². The first-order chi connectivity index (χ1) is 15.0. The summed E-state index contributed by atoms with van der Waals surface area (Å²) in [5.74, 6) is 1.52. The van der Waals surface area contributed by atoms with Crippen molar-refractivity contribution in [3.63, 3.8) is 0 Å². The monoisotopic (exact) mass is 444 g/mol. The van der Waals surface area contributed by atoms with Crippen LogP contribution in [0.25, 0.3) is 0 Å². The lowest BCUT2D eigenvalue weighted by atomic mass is 10.2. The van der Waals surface area contributed by atoms with Crippen molar-refractivity contribution in [3.8, 4) is 5.75 Å². The summed E-state index contributed by atoms with van der Waals surface area (Å²) in [7, 11) is -1.74. The molecule has 0 radical (unpaired) electrons. The molecule has 0 amide bonds. The van der Waals surface area contributed by atoms with Gasteiger partial charge in [0.1, 0.15) is 5.75 Å². The first-order valence-corrected chi connectivity index (χ1v) is 12.2. The molecule has 0 unspecified atom stereocenters. The van der Waals surface area contributed by atoms with Crippen LogP contribution in [-0.4, -0.2) is 45.4 Å². The Morgan fingerprint density at radius 2 is 1.74 bits per heavy atom. The zero-order valence-corrected chi connectivity index (χ0v) is 19.1. The van der Waals surface area contributed by atoms with Crippen LogP contribution < -0.4 is 15.4 Å². The quantitative estimate of drug-likeness (QED) is 0.483. The number of sulfonamides is 1. The van der Waals surface area contributed by atoms with Gasteiger partial charge in [0.25, 0.3) is 0 Å². The molecule has 1 fully saturated rings. The van der Waals surface area contributed by atoms with E-state index < -0.39 is 10.0 Å². The molecule has 0 spiro atoms. The number of aliphatic imine (C=N–C) groups is 1. The van der Waals surface area contributed by atoms with Crippen LogP contribution in [0.4, 0.5) is 0 Å². The fourth-order valence-electron chi connectivity index (χ4n) is 3.56. The summed E-state index contributed by atoms with van der Waals surface area (Å²) in [5, 5.41) is 6.55. The average Bonchev–Trinajstić information content (AvgIpc) is 2.82. The lowest BCUT2D eigenvalue weighted by Crippen LogP contribution is -2.36. The van der Waals surface area contributed by atoms with Gasteiger partial charge in [-0.3, -0.25) is 0 Å². The van der Waals surface area contributed by atoms with Gasteiger partial charge in [0.2, 0.25) is 10.0 Å². The van der Waals surface area contributed by atoms with Crippen molar-refractivity contribution >= 4 is 16.0 Å². The van der Waals surface area contributed by atoms with E-state index in [1.807, 2.05) is 43.3 Å². The molecule has 0 saturated carbocycles. The molecular formula is C23H32N4O3S. The third kappa shape index (κ3) is 6.21. The van der Waals surface area contributed by atoms with Crippen molar-refractivity contribution < 1.29 is 13.2 Å². The van der Waals surface area contributed by atoms with Crippen LogP contribution in [0.2, 0.25) is 0 Å². The van der Waals surface area contributed by atoms with E-state index in [2.05, 4.69) is 15.6 Å². The predicted octanol–water partition coefficient (Wildman–Crippen LogP) is 3.13. The molecular weight excluding hydrogens is 412 g/mol. The van der Waals surface area contributed by atoms with Gasteiger partial charge in [0, 0.05) is 31.7 Å². The molecule has 0 aromatic heterocycles. The number of para-hydroxylation sites is 1. The van der Waals surface area contributed by atoms with E-state index in [1.165, 1.54) is 0 Å². The summed E-state index contributed by atoms with van der Waals surface area (Å²) in [5.41, 5.74) is 2.00. The zero-order valence-electron chi connectivity index (χ0n) is 18.3. The Kier molecular flexibility index (Phi) is 8.31. The van der Waals surface area contributed by atoms with E-state index >= 15 is 0 Å². The lowest BCUT2D eigenvalue weighted by Gasteiger charge is -2.25. The minimum atomic E-state index is -3.40. The zero-order chi connectivity index (χ0) is 22.1. The number of nitrogens with one attached hydrogen (secondary N) is 2. The second-order valence-corrected chi connectivity index (χ2v) is 9.41. The molecule has 8 heteroatoms. The maximum Gasteiger partial charge on any atom is 0.243 e. The number of benzene rings is 2. The number of hydrogen-bond donors (Lipinski definition) is 2. The van der Waals surface area contributed by atoms with Crippen LogP contribution in [-0.2, 0) is 23.1 Å². The highest BCUT2D eigenvalue weighted by molar-refractivity contribution is 7.89. The molecule has 0 bridgehead atoms. The normalized spacial score (nSPS) is 15.5. The summed E-state index contributed by atoms with van der Waals surface area (Å²) in [6.07, 6.45) is 2.96. The molecule has 168 valence electrons. The highest BCUT2D eigenvalue weighted by atomic mass is 32.2. The topological polar surface area (TPSA) is 83.0 Å². The summed E-state index contributed by atoms with van der Waals surface area (Å²) < 4.78 is 32.6. The SMILES string of the molecule is CCNC(=NCc1ccc(S(=O)(=O)N2CCCCC2)cc1)NCc1ccccc1OC. The van der Waals surface area contributed by atoms with Gasteiger partial charge in [-0.25, -0.2) is 13.4 Å². The van der Waals surface area contributed by atoms with Crippen molar-refractivity contribution in [2.24, 2.45) is 4.99 Å². The van der Waals surface area contributed by atoms with Crippen LogP contribution >= 0.6 is 0 Å². The highest BCUT2D eigenvalue weighted by Gasteiger charge is 2.25. The number of rotatable bonds is 8. The third-order valence-corrected chi connectivity index (χ3v) is 7.19. The van der Waals surface area contributed by atoms with Crippen LogP contribution in [0, 0.1) is 0 Å². The van der Waals surface area contributed by atoms with Crippen LogP contribution in [0.15, 0.2) is 58.4 Å². The molecule has 7 nitrogen and oxygen atoms in total. The van der Waals surface area contributed by atoms with Gasteiger partial charge in [-0.05, 0) is 43.5 Å².